The first-order chi connectivity index (χ1) is 12.4. The van der Waals surface area contributed by atoms with Gasteiger partial charge in [0, 0.05) is 0 Å². The molecule has 2 aromatic rings. The molecular weight excluding hydrogens is 411 g/mol. The van der Waals surface area contributed by atoms with Gasteiger partial charge in [-0.3, -0.25) is 0 Å². The third-order valence-electron chi connectivity index (χ3n) is 4.29. The number of nitrogens with zero attached hydrogens (tertiary/aromatic N) is 1. The number of methoxy groups -OCH3 is 1. The molecule has 1 aliphatic heterocycles. The third-order valence-corrected chi connectivity index (χ3v) is 8.95. The fraction of sp³-hybridized carbons (Fsp3) is 0.375. The number of aliphatic hydroxyl groups is 1. The van der Waals surface area contributed by atoms with E-state index in [-0.39, 0.29) is 4.46 Å². The number of aromatic amines is 1. The summed E-state index contributed by atoms with van der Waals surface area (Å²) in [4.78, 5) is 24.3. The van der Waals surface area contributed by atoms with Gasteiger partial charge in [0.25, 0.3) is 0 Å². The van der Waals surface area contributed by atoms with Crippen molar-refractivity contribution in [3.05, 3.63) is 63.4 Å². The maximum atomic E-state index is 13.1. The number of aromatic nitrogens is 2. The van der Waals surface area contributed by atoms with Crippen molar-refractivity contribution in [3.8, 4) is 0 Å². The van der Waals surface area contributed by atoms with E-state index in [0.717, 1.165) is 10.6 Å². The SMILES string of the molecule is CO[C@@H]1[C@@H]([Se](=O)(=O)c2ccccc2)[C@H](CO)O[C@H]1n1ccc(=O)[nH]c1=O. The van der Waals surface area contributed by atoms with E-state index >= 15 is 0 Å². The molecule has 0 unspecified atom stereocenters. The first kappa shape index (κ1) is 18.7. The first-order valence-electron chi connectivity index (χ1n) is 7.79. The molecule has 9 nitrogen and oxygen atoms in total. The minimum absolute atomic E-state index is 0.132. The van der Waals surface area contributed by atoms with Crippen LogP contribution in [0.4, 0.5) is 0 Å². The molecule has 4 atom stereocenters. The van der Waals surface area contributed by atoms with Crippen LogP contribution < -0.4 is 15.7 Å². The summed E-state index contributed by atoms with van der Waals surface area (Å²) < 4.78 is 38.5. The van der Waals surface area contributed by atoms with Crippen LogP contribution >= 0.6 is 0 Å². The fourth-order valence-corrected chi connectivity index (χ4v) is 7.30. The van der Waals surface area contributed by atoms with Crippen molar-refractivity contribution >= 4 is 17.2 Å². The Morgan fingerprint density at radius 2 is 1.92 bits per heavy atom. The molecule has 10 heteroatoms. The van der Waals surface area contributed by atoms with Gasteiger partial charge in [-0.05, 0) is 0 Å². The normalized spacial score (nSPS) is 26.1. The Morgan fingerprint density at radius 3 is 2.50 bits per heavy atom. The van der Waals surface area contributed by atoms with Crippen molar-refractivity contribution in [2.75, 3.05) is 13.7 Å². The molecule has 2 N–H and O–H groups in total. The second kappa shape index (κ2) is 7.26. The van der Waals surface area contributed by atoms with E-state index in [0.29, 0.717) is 0 Å². The average Bonchev–Trinajstić information content (AvgIpc) is 3.01. The van der Waals surface area contributed by atoms with Gasteiger partial charge in [-0.15, -0.1) is 0 Å². The van der Waals surface area contributed by atoms with Gasteiger partial charge >= 0.3 is 149 Å². The molecule has 1 fully saturated rings. The molecule has 3 rings (SSSR count). The molecule has 26 heavy (non-hydrogen) atoms. The topological polar surface area (TPSA) is 128 Å². The number of ether oxygens (including phenoxy) is 2. The zero-order valence-electron chi connectivity index (χ0n) is 13.8. The van der Waals surface area contributed by atoms with Crippen LogP contribution in [0.1, 0.15) is 6.23 Å². The van der Waals surface area contributed by atoms with E-state index in [1.54, 1.807) is 18.2 Å². The molecule has 1 aromatic heterocycles. The predicted octanol–water partition coefficient (Wildman–Crippen LogP) is -0.978. The zero-order chi connectivity index (χ0) is 18.9. The number of benzene rings is 1. The van der Waals surface area contributed by atoms with Gasteiger partial charge in [-0.2, -0.15) is 0 Å². The van der Waals surface area contributed by atoms with Crippen LogP contribution in [-0.4, -0.2) is 53.3 Å². The van der Waals surface area contributed by atoms with Gasteiger partial charge in [0.15, 0.2) is 0 Å². The molecule has 2 heterocycles. The van der Waals surface area contributed by atoms with Gasteiger partial charge in [-0.25, -0.2) is 0 Å². The molecule has 0 spiro atoms. The van der Waals surface area contributed by atoms with Gasteiger partial charge in [0.1, 0.15) is 0 Å². The quantitative estimate of drug-likeness (QED) is 0.585. The Labute approximate surface area is 149 Å². The van der Waals surface area contributed by atoms with Crippen molar-refractivity contribution in [1.82, 2.24) is 9.55 Å². The molecule has 0 amide bonds. The maximum absolute atomic E-state index is 13.1. The molecule has 1 aromatic carbocycles. The minimum atomic E-state index is -4.83. The molecule has 0 saturated carbocycles. The van der Waals surface area contributed by atoms with Crippen LogP contribution in [0.25, 0.3) is 0 Å². The summed E-state index contributed by atoms with van der Waals surface area (Å²) in [5.41, 5.74) is -1.34. The Bertz CT molecular complexity index is 983. The van der Waals surface area contributed by atoms with Crippen molar-refractivity contribution in [2.24, 2.45) is 0 Å². The van der Waals surface area contributed by atoms with Gasteiger partial charge in [-0.1, -0.05) is 0 Å². The number of nitrogens with one attached hydrogen (secondary N) is 1. The third kappa shape index (κ3) is 3.17. The molecule has 1 saturated heterocycles. The second-order valence-electron chi connectivity index (χ2n) is 5.79. The molecular formula is C16H18N2O7Se. The van der Waals surface area contributed by atoms with Crippen molar-refractivity contribution in [3.63, 3.8) is 0 Å². The van der Waals surface area contributed by atoms with Crippen LogP contribution in [-0.2, 0) is 17.1 Å². The average molecular weight is 429 g/mol. The van der Waals surface area contributed by atoms with Crippen molar-refractivity contribution in [1.29, 1.82) is 0 Å². The summed E-state index contributed by atoms with van der Waals surface area (Å²) in [5.74, 6) is 0. The van der Waals surface area contributed by atoms with Gasteiger partial charge in [0.2, 0.25) is 0 Å². The summed E-state index contributed by atoms with van der Waals surface area (Å²) in [5, 5.41) is 9.66. The molecule has 0 bridgehead atoms. The Hall–Kier alpha value is -2.10. The van der Waals surface area contributed by atoms with E-state index in [1.807, 2.05) is 0 Å². The summed E-state index contributed by atoms with van der Waals surface area (Å²) in [6.07, 6.45) is -2.00. The van der Waals surface area contributed by atoms with E-state index in [4.69, 9.17) is 9.47 Å². The Morgan fingerprint density at radius 1 is 1.23 bits per heavy atom. The Balaban J connectivity index is 2.08. The molecule has 0 radical (unpaired) electrons. The molecule has 1 aliphatic rings. The van der Waals surface area contributed by atoms with Crippen molar-refractivity contribution < 1.29 is 22.2 Å². The predicted molar refractivity (Wildman–Crippen MR) is 90.1 cm³/mol. The number of H-pyrrole nitrogens is 1. The summed E-state index contributed by atoms with van der Waals surface area (Å²) >= 11 is -4.83. The van der Waals surface area contributed by atoms with Crippen LogP contribution in [0.5, 0.6) is 0 Å². The second-order valence-corrected chi connectivity index (χ2v) is 10.2. The van der Waals surface area contributed by atoms with Crippen molar-refractivity contribution in [2.45, 2.75) is 23.3 Å². The Kier molecular flexibility index (Phi) is 5.22. The van der Waals surface area contributed by atoms with E-state index in [2.05, 4.69) is 4.98 Å². The number of rotatable bonds is 5. The number of hydrogen-bond donors (Lipinski definition) is 2. The summed E-state index contributed by atoms with van der Waals surface area (Å²) in [6, 6.07) is 8.97. The monoisotopic (exact) mass is 430 g/mol. The van der Waals surface area contributed by atoms with E-state index in [9.17, 15) is 22.4 Å². The van der Waals surface area contributed by atoms with Crippen LogP contribution in [0.15, 0.2) is 52.2 Å². The standard InChI is InChI=1S/C16H18N2O7Se/c1-24-13-14(26(22,23)10-5-3-2-4-6-10)11(9-19)25-15(13)18-8-7-12(20)17-16(18)21/h2-8,11,13-15,19H,9H2,1H3,(H,17,20,21)/t11-,13+,14-,15+/m0/s1. The summed E-state index contributed by atoms with van der Waals surface area (Å²) in [7, 11) is 1.31. The van der Waals surface area contributed by atoms with Crippen LogP contribution in [0.3, 0.4) is 0 Å². The van der Waals surface area contributed by atoms with Gasteiger partial charge < -0.3 is 0 Å². The van der Waals surface area contributed by atoms with Gasteiger partial charge in [0.05, 0.1) is 0 Å². The summed E-state index contributed by atoms with van der Waals surface area (Å²) in [6.45, 7) is -0.560. The van der Waals surface area contributed by atoms with Crippen LogP contribution in [0, 0.1) is 0 Å². The number of aliphatic hydroxyl groups excluding tert-OH is 1. The molecule has 0 aliphatic carbocycles. The first-order valence-corrected chi connectivity index (χ1v) is 11.0. The van der Waals surface area contributed by atoms with E-state index in [1.165, 1.54) is 25.4 Å². The van der Waals surface area contributed by atoms with E-state index < -0.39 is 53.8 Å². The molecule has 140 valence electrons. The fourth-order valence-electron chi connectivity index (χ4n) is 3.10. The zero-order valence-corrected chi connectivity index (χ0v) is 15.5. The van der Waals surface area contributed by atoms with Crippen LogP contribution in [0.2, 0.25) is 4.82 Å². The number of hydrogen-bond acceptors (Lipinski definition) is 7.